The molecule has 0 bridgehead atoms. The maximum Gasteiger partial charge on any atom is 0.0178 e. The molecule has 13 heavy (non-hydrogen) atoms. The van der Waals surface area contributed by atoms with Gasteiger partial charge in [0.1, 0.15) is 0 Å². The van der Waals surface area contributed by atoms with Crippen molar-refractivity contribution in [2.75, 3.05) is 19.6 Å². The second kappa shape index (κ2) is 3.97. The lowest BCUT2D eigenvalue weighted by Gasteiger charge is -2.43. The maximum atomic E-state index is 3.75. The molecule has 0 spiro atoms. The molecule has 0 unspecified atom stereocenters. The summed E-state index contributed by atoms with van der Waals surface area (Å²) in [5.74, 6) is 0.960. The third-order valence-corrected chi connectivity index (χ3v) is 3.91. The Morgan fingerprint density at radius 3 is 2.54 bits per heavy atom. The van der Waals surface area contributed by atoms with Gasteiger partial charge in [0, 0.05) is 5.54 Å². The normalized spacial score (nSPS) is 26.5. The van der Waals surface area contributed by atoms with Crippen LogP contribution in [0.5, 0.6) is 0 Å². The van der Waals surface area contributed by atoms with E-state index in [0.29, 0.717) is 5.54 Å². The summed E-state index contributed by atoms with van der Waals surface area (Å²) in [6.45, 7) is 6.05. The van der Waals surface area contributed by atoms with E-state index in [4.69, 9.17) is 0 Å². The van der Waals surface area contributed by atoms with Crippen LogP contribution in [0.1, 0.15) is 39.0 Å². The van der Waals surface area contributed by atoms with Crippen LogP contribution in [0.3, 0.4) is 0 Å². The van der Waals surface area contributed by atoms with E-state index in [-0.39, 0.29) is 0 Å². The lowest BCUT2D eigenvalue weighted by atomic mass is 9.74. The molecule has 1 aliphatic carbocycles. The van der Waals surface area contributed by atoms with Crippen LogP contribution < -0.4 is 10.6 Å². The van der Waals surface area contributed by atoms with Crippen LogP contribution in [-0.4, -0.2) is 25.2 Å². The Morgan fingerprint density at radius 1 is 1.38 bits per heavy atom. The first kappa shape index (κ1) is 9.47. The molecule has 2 rings (SSSR count). The Hall–Kier alpha value is -0.0800. The highest BCUT2D eigenvalue weighted by Crippen LogP contribution is 2.34. The van der Waals surface area contributed by atoms with Crippen molar-refractivity contribution in [3.8, 4) is 0 Å². The Balaban J connectivity index is 1.60. The summed E-state index contributed by atoms with van der Waals surface area (Å²) in [4.78, 5) is 0. The van der Waals surface area contributed by atoms with Gasteiger partial charge in [-0.25, -0.2) is 0 Å². The average Bonchev–Trinajstić information content (AvgIpc) is 1.99. The molecular formula is C11H22N2. The van der Waals surface area contributed by atoms with Gasteiger partial charge in [0.2, 0.25) is 0 Å². The zero-order valence-electron chi connectivity index (χ0n) is 8.73. The van der Waals surface area contributed by atoms with E-state index in [1.54, 1.807) is 0 Å². The molecule has 76 valence electrons. The van der Waals surface area contributed by atoms with Crippen molar-refractivity contribution in [2.24, 2.45) is 5.92 Å². The van der Waals surface area contributed by atoms with E-state index < -0.39 is 0 Å². The Morgan fingerprint density at radius 2 is 2.15 bits per heavy atom. The molecule has 2 heteroatoms. The van der Waals surface area contributed by atoms with Crippen molar-refractivity contribution in [2.45, 2.75) is 44.6 Å². The van der Waals surface area contributed by atoms with Gasteiger partial charge in [-0.1, -0.05) is 6.92 Å². The van der Waals surface area contributed by atoms with Crippen molar-refractivity contribution in [3.63, 3.8) is 0 Å². The molecule has 2 fully saturated rings. The van der Waals surface area contributed by atoms with Crippen LogP contribution >= 0.6 is 0 Å². The molecule has 0 aromatic carbocycles. The highest BCUT2D eigenvalue weighted by molar-refractivity contribution is 4.94. The summed E-state index contributed by atoms with van der Waals surface area (Å²) in [6.07, 6.45) is 6.94. The summed E-state index contributed by atoms with van der Waals surface area (Å²) >= 11 is 0. The van der Waals surface area contributed by atoms with Gasteiger partial charge in [0.15, 0.2) is 0 Å². The van der Waals surface area contributed by atoms with Crippen LogP contribution in [0.2, 0.25) is 0 Å². The highest BCUT2D eigenvalue weighted by atomic mass is 15.0. The van der Waals surface area contributed by atoms with Gasteiger partial charge in [-0.3, -0.25) is 0 Å². The summed E-state index contributed by atoms with van der Waals surface area (Å²) in [6, 6.07) is 0. The zero-order valence-corrected chi connectivity index (χ0v) is 8.73. The number of hydrogen-bond donors (Lipinski definition) is 2. The van der Waals surface area contributed by atoms with E-state index in [2.05, 4.69) is 17.6 Å². The monoisotopic (exact) mass is 182 g/mol. The quantitative estimate of drug-likeness (QED) is 0.673. The summed E-state index contributed by atoms with van der Waals surface area (Å²) in [5, 5.41) is 7.08. The van der Waals surface area contributed by atoms with E-state index in [9.17, 15) is 0 Å². The fourth-order valence-electron chi connectivity index (χ4n) is 2.35. The zero-order chi connectivity index (χ0) is 9.15. The number of rotatable bonds is 5. The van der Waals surface area contributed by atoms with Gasteiger partial charge < -0.3 is 10.6 Å². The van der Waals surface area contributed by atoms with Gasteiger partial charge in [-0.15, -0.1) is 0 Å². The molecule has 0 aromatic rings. The van der Waals surface area contributed by atoms with Crippen molar-refractivity contribution in [1.29, 1.82) is 0 Å². The standard InChI is InChI=1S/C11H22N2/c1-2-11(5-3-6-11)13-7-4-10-8-12-9-10/h10,12-13H,2-9H2,1H3. The van der Waals surface area contributed by atoms with Gasteiger partial charge in [0.25, 0.3) is 0 Å². The average molecular weight is 182 g/mol. The van der Waals surface area contributed by atoms with E-state index in [1.807, 2.05) is 0 Å². The highest BCUT2D eigenvalue weighted by Gasteiger charge is 2.34. The predicted molar refractivity (Wildman–Crippen MR) is 55.9 cm³/mol. The van der Waals surface area contributed by atoms with Crippen molar-refractivity contribution >= 4 is 0 Å². The van der Waals surface area contributed by atoms with Crippen LogP contribution in [0.4, 0.5) is 0 Å². The molecule has 1 saturated carbocycles. The molecule has 0 atom stereocenters. The molecule has 1 heterocycles. The van der Waals surface area contributed by atoms with Gasteiger partial charge in [-0.2, -0.15) is 0 Å². The van der Waals surface area contributed by atoms with Gasteiger partial charge in [-0.05, 0) is 57.7 Å². The Kier molecular flexibility index (Phi) is 2.89. The third kappa shape index (κ3) is 2.05. The lowest BCUT2D eigenvalue weighted by molar-refractivity contribution is 0.170. The van der Waals surface area contributed by atoms with Crippen LogP contribution in [0.15, 0.2) is 0 Å². The molecule has 2 nitrogen and oxygen atoms in total. The van der Waals surface area contributed by atoms with Crippen molar-refractivity contribution < 1.29 is 0 Å². The van der Waals surface area contributed by atoms with Gasteiger partial charge >= 0.3 is 0 Å². The lowest BCUT2D eigenvalue weighted by Crippen LogP contribution is -2.52. The molecular weight excluding hydrogens is 160 g/mol. The minimum absolute atomic E-state index is 0.553. The third-order valence-electron chi connectivity index (χ3n) is 3.91. The molecule has 2 N–H and O–H groups in total. The molecule has 0 aromatic heterocycles. The van der Waals surface area contributed by atoms with Crippen LogP contribution in [-0.2, 0) is 0 Å². The Bertz CT molecular complexity index is 154. The SMILES string of the molecule is CCC1(NCCC2CNC2)CCC1. The fourth-order valence-corrected chi connectivity index (χ4v) is 2.35. The summed E-state index contributed by atoms with van der Waals surface area (Å²) in [5.41, 5.74) is 0.553. The van der Waals surface area contributed by atoms with Crippen LogP contribution in [0.25, 0.3) is 0 Å². The largest absolute Gasteiger partial charge is 0.316 e. The molecule has 1 saturated heterocycles. The topological polar surface area (TPSA) is 24.1 Å². The first-order valence-corrected chi connectivity index (χ1v) is 5.80. The smallest absolute Gasteiger partial charge is 0.0178 e. The molecule has 1 aliphatic heterocycles. The fraction of sp³-hybridized carbons (Fsp3) is 1.00. The first-order valence-electron chi connectivity index (χ1n) is 5.80. The van der Waals surface area contributed by atoms with Gasteiger partial charge in [0.05, 0.1) is 0 Å². The van der Waals surface area contributed by atoms with E-state index in [1.165, 1.54) is 51.7 Å². The minimum atomic E-state index is 0.553. The van der Waals surface area contributed by atoms with E-state index in [0.717, 1.165) is 5.92 Å². The van der Waals surface area contributed by atoms with Crippen LogP contribution in [0, 0.1) is 5.92 Å². The second-order valence-corrected chi connectivity index (χ2v) is 4.73. The Labute approximate surface area is 81.5 Å². The second-order valence-electron chi connectivity index (χ2n) is 4.73. The molecule has 2 aliphatic rings. The predicted octanol–water partition coefficient (Wildman–Crippen LogP) is 1.52. The summed E-state index contributed by atoms with van der Waals surface area (Å²) in [7, 11) is 0. The minimum Gasteiger partial charge on any atom is -0.316 e. The number of hydrogen-bond acceptors (Lipinski definition) is 2. The molecule has 0 radical (unpaired) electrons. The first-order chi connectivity index (χ1) is 6.35. The number of nitrogens with one attached hydrogen (secondary N) is 2. The van der Waals surface area contributed by atoms with Crippen molar-refractivity contribution in [1.82, 2.24) is 10.6 Å². The van der Waals surface area contributed by atoms with Crippen molar-refractivity contribution in [3.05, 3.63) is 0 Å². The maximum absolute atomic E-state index is 3.75. The summed E-state index contributed by atoms with van der Waals surface area (Å²) < 4.78 is 0. The van der Waals surface area contributed by atoms with E-state index >= 15 is 0 Å². The molecule has 0 amide bonds.